The predicted octanol–water partition coefficient (Wildman–Crippen LogP) is 3.07. The Hall–Kier alpha value is -1.79. The van der Waals surface area contributed by atoms with Gasteiger partial charge in [0.15, 0.2) is 11.3 Å². The molecule has 1 aliphatic heterocycles. The van der Waals surface area contributed by atoms with Gasteiger partial charge in [0.25, 0.3) is 5.91 Å². The Morgan fingerprint density at radius 3 is 3.00 bits per heavy atom. The maximum atomic E-state index is 11.4. The van der Waals surface area contributed by atoms with E-state index in [0.717, 1.165) is 17.7 Å². The molecule has 1 aliphatic rings. The first kappa shape index (κ1) is 14.2. The SMILES string of the molecule is CCNC(c1ccc2c(c1)NC(=O)CO2)c1ccoc1Br. The summed E-state index contributed by atoms with van der Waals surface area (Å²) < 4.78 is 11.4. The third kappa shape index (κ3) is 2.82. The number of carbonyl (C=O) groups excluding carboxylic acids is 1. The van der Waals surface area contributed by atoms with E-state index in [4.69, 9.17) is 9.15 Å². The highest BCUT2D eigenvalue weighted by atomic mass is 79.9. The number of furan rings is 1. The van der Waals surface area contributed by atoms with E-state index in [1.807, 2.05) is 31.2 Å². The molecule has 1 amide bonds. The average molecular weight is 351 g/mol. The van der Waals surface area contributed by atoms with E-state index >= 15 is 0 Å². The number of fused-ring (bicyclic) bond motifs is 1. The van der Waals surface area contributed by atoms with Gasteiger partial charge in [-0.3, -0.25) is 4.79 Å². The first-order valence-electron chi connectivity index (χ1n) is 6.72. The fourth-order valence-corrected chi connectivity index (χ4v) is 2.87. The summed E-state index contributed by atoms with van der Waals surface area (Å²) in [6.45, 7) is 2.92. The smallest absolute Gasteiger partial charge is 0.262 e. The topological polar surface area (TPSA) is 63.5 Å². The minimum Gasteiger partial charge on any atom is -0.482 e. The molecule has 0 saturated carbocycles. The second kappa shape index (κ2) is 5.91. The minimum atomic E-state index is -0.135. The highest BCUT2D eigenvalue weighted by Crippen LogP contribution is 2.35. The van der Waals surface area contributed by atoms with Crippen molar-refractivity contribution in [2.45, 2.75) is 13.0 Å². The molecule has 6 heteroatoms. The molecule has 3 rings (SSSR count). The summed E-state index contributed by atoms with van der Waals surface area (Å²) in [6, 6.07) is 7.70. The Bertz CT molecular complexity index is 669. The highest BCUT2D eigenvalue weighted by molar-refractivity contribution is 9.10. The summed E-state index contributed by atoms with van der Waals surface area (Å²) in [5.74, 6) is 0.559. The third-order valence-electron chi connectivity index (χ3n) is 3.34. The van der Waals surface area contributed by atoms with E-state index < -0.39 is 0 Å². The number of hydrogen-bond acceptors (Lipinski definition) is 4. The van der Waals surface area contributed by atoms with Crippen LogP contribution in [-0.4, -0.2) is 19.1 Å². The largest absolute Gasteiger partial charge is 0.482 e. The van der Waals surface area contributed by atoms with Crippen molar-refractivity contribution >= 4 is 27.5 Å². The van der Waals surface area contributed by atoms with Gasteiger partial charge in [-0.1, -0.05) is 13.0 Å². The number of carbonyl (C=O) groups is 1. The second-order valence-corrected chi connectivity index (χ2v) is 5.45. The van der Waals surface area contributed by atoms with Crippen LogP contribution >= 0.6 is 15.9 Å². The molecule has 0 saturated heterocycles. The summed E-state index contributed by atoms with van der Waals surface area (Å²) in [6.07, 6.45) is 1.65. The van der Waals surface area contributed by atoms with Crippen molar-refractivity contribution in [1.82, 2.24) is 5.32 Å². The van der Waals surface area contributed by atoms with Crippen molar-refractivity contribution in [1.29, 1.82) is 0 Å². The molecular weight excluding hydrogens is 336 g/mol. The Morgan fingerprint density at radius 2 is 2.29 bits per heavy atom. The zero-order chi connectivity index (χ0) is 14.8. The van der Waals surface area contributed by atoms with Crippen LogP contribution in [0.4, 0.5) is 5.69 Å². The second-order valence-electron chi connectivity index (χ2n) is 4.73. The molecule has 2 aromatic rings. The summed E-state index contributed by atoms with van der Waals surface area (Å²) >= 11 is 3.42. The molecule has 0 spiro atoms. The van der Waals surface area contributed by atoms with Crippen LogP contribution in [-0.2, 0) is 4.79 Å². The molecule has 1 atom stereocenters. The molecule has 1 aromatic heterocycles. The fourth-order valence-electron chi connectivity index (χ4n) is 2.40. The van der Waals surface area contributed by atoms with E-state index in [-0.39, 0.29) is 18.6 Å². The van der Waals surface area contributed by atoms with Crippen LogP contribution in [0.2, 0.25) is 0 Å². The number of rotatable bonds is 4. The molecule has 0 aliphatic carbocycles. The maximum Gasteiger partial charge on any atom is 0.262 e. The number of amides is 1. The molecule has 0 radical (unpaired) electrons. The summed E-state index contributed by atoms with van der Waals surface area (Å²) in [5.41, 5.74) is 2.75. The Morgan fingerprint density at radius 1 is 1.43 bits per heavy atom. The first-order valence-corrected chi connectivity index (χ1v) is 7.51. The average Bonchev–Trinajstić information content (AvgIpc) is 2.90. The summed E-state index contributed by atoms with van der Waals surface area (Å²) in [5, 5.41) is 6.25. The first-order chi connectivity index (χ1) is 10.2. The van der Waals surface area contributed by atoms with Crippen molar-refractivity contribution in [2.24, 2.45) is 0 Å². The molecule has 2 heterocycles. The van der Waals surface area contributed by atoms with Gasteiger partial charge in [-0.2, -0.15) is 0 Å². The standard InChI is InChI=1S/C15H15BrN2O3/c1-2-17-14(10-5-6-20-15(10)16)9-3-4-12-11(7-9)18-13(19)8-21-12/h3-7,14,17H,2,8H2,1H3,(H,18,19). The Kier molecular flexibility index (Phi) is 3.98. The molecule has 0 bridgehead atoms. The number of hydrogen-bond donors (Lipinski definition) is 2. The number of benzene rings is 1. The van der Waals surface area contributed by atoms with Gasteiger partial charge in [-0.25, -0.2) is 0 Å². The van der Waals surface area contributed by atoms with Gasteiger partial charge in [0.1, 0.15) is 5.75 Å². The highest BCUT2D eigenvalue weighted by Gasteiger charge is 2.21. The quantitative estimate of drug-likeness (QED) is 0.889. The number of anilines is 1. The number of ether oxygens (including phenoxy) is 1. The number of nitrogens with one attached hydrogen (secondary N) is 2. The minimum absolute atomic E-state index is 0.0211. The monoisotopic (exact) mass is 350 g/mol. The summed E-state index contributed by atoms with van der Waals surface area (Å²) in [4.78, 5) is 11.4. The van der Waals surface area contributed by atoms with Gasteiger partial charge in [-0.15, -0.1) is 0 Å². The van der Waals surface area contributed by atoms with Crippen LogP contribution in [0.5, 0.6) is 5.75 Å². The lowest BCUT2D eigenvalue weighted by molar-refractivity contribution is -0.118. The number of halogens is 1. The maximum absolute atomic E-state index is 11.4. The van der Waals surface area contributed by atoms with Gasteiger partial charge >= 0.3 is 0 Å². The van der Waals surface area contributed by atoms with Gasteiger partial charge in [0.05, 0.1) is 18.0 Å². The van der Waals surface area contributed by atoms with E-state index in [9.17, 15) is 4.79 Å². The van der Waals surface area contributed by atoms with E-state index in [0.29, 0.717) is 16.1 Å². The lowest BCUT2D eigenvalue weighted by atomic mass is 10.00. The van der Waals surface area contributed by atoms with E-state index in [2.05, 4.69) is 26.6 Å². The Balaban J connectivity index is 1.98. The van der Waals surface area contributed by atoms with Crippen molar-refractivity contribution in [3.63, 3.8) is 0 Å². The van der Waals surface area contributed by atoms with Crippen LogP contribution in [0, 0.1) is 0 Å². The van der Waals surface area contributed by atoms with Crippen LogP contribution in [0.25, 0.3) is 0 Å². The van der Waals surface area contributed by atoms with Crippen LogP contribution in [0.15, 0.2) is 39.6 Å². The zero-order valence-corrected chi connectivity index (χ0v) is 13.1. The van der Waals surface area contributed by atoms with E-state index in [1.165, 1.54) is 0 Å². The molecule has 21 heavy (non-hydrogen) atoms. The van der Waals surface area contributed by atoms with Gasteiger partial charge in [-0.05, 0) is 46.2 Å². The lowest BCUT2D eigenvalue weighted by Crippen LogP contribution is -2.26. The molecular formula is C15H15BrN2O3. The third-order valence-corrected chi connectivity index (χ3v) is 3.98. The predicted molar refractivity (Wildman–Crippen MR) is 82.5 cm³/mol. The van der Waals surface area contributed by atoms with Crippen LogP contribution < -0.4 is 15.4 Å². The zero-order valence-electron chi connectivity index (χ0n) is 11.5. The Labute approximate surface area is 130 Å². The normalized spacial score (nSPS) is 15.0. The molecule has 1 aromatic carbocycles. The molecule has 0 fully saturated rings. The molecule has 5 nitrogen and oxygen atoms in total. The van der Waals surface area contributed by atoms with Crippen molar-refractivity contribution in [3.05, 3.63) is 46.3 Å². The van der Waals surface area contributed by atoms with Crippen molar-refractivity contribution in [3.8, 4) is 5.75 Å². The van der Waals surface area contributed by atoms with Crippen LogP contribution in [0.3, 0.4) is 0 Å². The van der Waals surface area contributed by atoms with Gasteiger partial charge in [0, 0.05) is 5.56 Å². The van der Waals surface area contributed by atoms with Crippen molar-refractivity contribution in [2.75, 3.05) is 18.5 Å². The van der Waals surface area contributed by atoms with Crippen molar-refractivity contribution < 1.29 is 13.9 Å². The fraction of sp³-hybridized carbons (Fsp3) is 0.267. The molecule has 1 unspecified atom stereocenters. The lowest BCUT2D eigenvalue weighted by Gasteiger charge is -2.22. The van der Waals surface area contributed by atoms with E-state index in [1.54, 1.807) is 6.26 Å². The van der Waals surface area contributed by atoms with Crippen LogP contribution in [0.1, 0.15) is 24.1 Å². The summed E-state index contributed by atoms with van der Waals surface area (Å²) in [7, 11) is 0. The molecule has 2 N–H and O–H groups in total. The molecule has 110 valence electrons. The van der Waals surface area contributed by atoms with Gasteiger partial charge < -0.3 is 19.8 Å². The van der Waals surface area contributed by atoms with Gasteiger partial charge in [0.2, 0.25) is 0 Å².